The summed E-state index contributed by atoms with van der Waals surface area (Å²) in [6.45, 7) is 4.40. The number of hydrogen-bond donors (Lipinski definition) is 1. The van der Waals surface area contributed by atoms with Crippen LogP contribution in [0, 0.1) is 5.41 Å². The molecule has 0 saturated heterocycles. The van der Waals surface area contributed by atoms with Crippen molar-refractivity contribution in [3.8, 4) is 0 Å². The molecule has 0 unspecified atom stereocenters. The van der Waals surface area contributed by atoms with Crippen molar-refractivity contribution in [2.75, 3.05) is 18.2 Å². The van der Waals surface area contributed by atoms with E-state index in [1.807, 2.05) is 32.0 Å². The molecule has 1 aromatic rings. The normalized spacial score (nSPS) is 12.6. The van der Waals surface area contributed by atoms with Gasteiger partial charge in [0.25, 0.3) is 0 Å². The molecule has 0 aliphatic rings. The fourth-order valence-electron chi connectivity index (χ4n) is 1.51. The summed E-state index contributed by atoms with van der Waals surface area (Å²) in [7, 11) is -3.26. The molecule has 0 fully saturated rings. The molecule has 6 heteroatoms. The molecule has 0 amide bonds. The first kappa shape index (κ1) is 16.4. The molecule has 108 valence electrons. The van der Waals surface area contributed by atoms with Gasteiger partial charge in [-0.1, -0.05) is 19.9 Å². The number of hydrogen-bond acceptors (Lipinski definition) is 3. The zero-order chi connectivity index (χ0) is 14.4. The SMILES string of the molecule is CC(C)(CCCl)CNS(=O)(=O)CCc1ccccn1. The van der Waals surface area contributed by atoms with Crippen LogP contribution >= 0.6 is 11.6 Å². The van der Waals surface area contributed by atoms with Crippen molar-refractivity contribution in [3.63, 3.8) is 0 Å². The Labute approximate surface area is 120 Å². The zero-order valence-corrected chi connectivity index (χ0v) is 13.0. The van der Waals surface area contributed by atoms with Crippen LogP contribution in [0.1, 0.15) is 26.0 Å². The van der Waals surface area contributed by atoms with E-state index in [4.69, 9.17) is 11.6 Å². The number of aromatic nitrogens is 1. The quantitative estimate of drug-likeness (QED) is 0.749. The summed E-state index contributed by atoms with van der Waals surface area (Å²) < 4.78 is 26.4. The van der Waals surface area contributed by atoms with Crippen LogP contribution in [-0.4, -0.2) is 31.6 Å². The predicted octanol–water partition coefficient (Wildman–Crippen LogP) is 2.20. The highest BCUT2D eigenvalue weighted by atomic mass is 35.5. The lowest BCUT2D eigenvalue weighted by Gasteiger charge is -2.23. The lowest BCUT2D eigenvalue weighted by atomic mass is 9.91. The van der Waals surface area contributed by atoms with Crippen LogP contribution in [0.5, 0.6) is 0 Å². The molecule has 1 aromatic heterocycles. The Morgan fingerprint density at radius 1 is 1.37 bits per heavy atom. The second-order valence-electron chi connectivity index (χ2n) is 5.31. The second kappa shape index (κ2) is 7.22. The highest BCUT2D eigenvalue weighted by molar-refractivity contribution is 7.89. The molecule has 0 spiro atoms. The van der Waals surface area contributed by atoms with Crippen molar-refractivity contribution in [2.45, 2.75) is 26.7 Å². The minimum atomic E-state index is -3.26. The van der Waals surface area contributed by atoms with Crippen LogP contribution in [0.3, 0.4) is 0 Å². The van der Waals surface area contributed by atoms with E-state index in [0.717, 1.165) is 12.1 Å². The second-order valence-corrected chi connectivity index (χ2v) is 7.62. The molecule has 0 aliphatic carbocycles. The maximum atomic E-state index is 11.9. The molecular weight excluding hydrogens is 284 g/mol. The van der Waals surface area contributed by atoms with Gasteiger partial charge in [0.05, 0.1) is 5.75 Å². The highest BCUT2D eigenvalue weighted by Crippen LogP contribution is 2.19. The fourth-order valence-corrected chi connectivity index (χ4v) is 3.25. The van der Waals surface area contributed by atoms with Crippen molar-refractivity contribution >= 4 is 21.6 Å². The van der Waals surface area contributed by atoms with Gasteiger partial charge in [-0.05, 0) is 24.0 Å². The number of alkyl halides is 1. The minimum Gasteiger partial charge on any atom is -0.261 e. The zero-order valence-electron chi connectivity index (χ0n) is 11.4. The molecule has 0 aromatic carbocycles. The van der Waals surface area contributed by atoms with E-state index < -0.39 is 10.0 Å². The molecule has 1 N–H and O–H groups in total. The summed E-state index contributed by atoms with van der Waals surface area (Å²) in [6, 6.07) is 5.49. The van der Waals surface area contributed by atoms with E-state index in [1.54, 1.807) is 6.20 Å². The van der Waals surface area contributed by atoms with Gasteiger partial charge in [-0.3, -0.25) is 4.98 Å². The van der Waals surface area contributed by atoms with Crippen LogP contribution in [0.4, 0.5) is 0 Å². The third kappa shape index (κ3) is 6.89. The number of aryl methyl sites for hydroxylation is 1. The number of nitrogens with zero attached hydrogens (tertiary/aromatic N) is 1. The molecule has 0 saturated carbocycles. The number of sulfonamides is 1. The largest absolute Gasteiger partial charge is 0.261 e. The third-order valence-electron chi connectivity index (χ3n) is 2.89. The number of rotatable bonds is 8. The monoisotopic (exact) mass is 304 g/mol. The Morgan fingerprint density at radius 3 is 2.68 bits per heavy atom. The number of halogens is 1. The van der Waals surface area contributed by atoms with Crippen molar-refractivity contribution in [1.82, 2.24) is 9.71 Å². The molecule has 4 nitrogen and oxygen atoms in total. The Kier molecular flexibility index (Phi) is 6.23. The van der Waals surface area contributed by atoms with Crippen LogP contribution in [-0.2, 0) is 16.4 Å². The Balaban J connectivity index is 2.44. The lowest BCUT2D eigenvalue weighted by Crippen LogP contribution is -2.36. The fraction of sp³-hybridized carbons (Fsp3) is 0.615. The predicted molar refractivity (Wildman–Crippen MR) is 78.8 cm³/mol. The van der Waals surface area contributed by atoms with Gasteiger partial charge in [-0.2, -0.15) is 0 Å². The van der Waals surface area contributed by atoms with Crippen LogP contribution < -0.4 is 4.72 Å². The summed E-state index contributed by atoms with van der Waals surface area (Å²) in [5.74, 6) is 0.587. The van der Waals surface area contributed by atoms with Gasteiger partial charge in [0, 0.05) is 30.7 Å². The number of pyridine rings is 1. The van der Waals surface area contributed by atoms with E-state index in [2.05, 4.69) is 9.71 Å². The van der Waals surface area contributed by atoms with Crippen LogP contribution in [0.15, 0.2) is 24.4 Å². The first-order valence-electron chi connectivity index (χ1n) is 6.28. The van der Waals surface area contributed by atoms with E-state index in [-0.39, 0.29) is 11.2 Å². The number of nitrogens with one attached hydrogen (secondary N) is 1. The van der Waals surface area contributed by atoms with Gasteiger partial charge >= 0.3 is 0 Å². The molecular formula is C13H21ClN2O2S. The summed E-state index contributed by atoms with van der Waals surface area (Å²) in [6.07, 6.45) is 2.86. The lowest BCUT2D eigenvalue weighted by molar-refractivity contribution is 0.352. The van der Waals surface area contributed by atoms with Crippen molar-refractivity contribution in [1.29, 1.82) is 0 Å². The molecule has 0 radical (unpaired) electrons. The summed E-state index contributed by atoms with van der Waals surface area (Å²) in [4.78, 5) is 4.11. The summed E-state index contributed by atoms with van der Waals surface area (Å²) in [5.41, 5.74) is 0.660. The van der Waals surface area contributed by atoms with Gasteiger partial charge in [0.1, 0.15) is 0 Å². The molecule has 0 atom stereocenters. The van der Waals surface area contributed by atoms with E-state index >= 15 is 0 Å². The van der Waals surface area contributed by atoms with E-state index in [9.17, 15) is 8.42 Å². The maximum absolute atomic E-state index is 11.9. The Hall–Kier alpha value is -0.650. The standard InChI is InChI=1S/C13H21ClN2O2S/c1-13(2,7-8-14)11-16-19(17,18)10-6-12-5-3-4-9-15-12/h3-5,9,16H,6-8,10-11H2,1-2H3. The molecule has 0 aliphatic heterocycles. The van der Waals surface area contributed by atoms with Gasteiger partial charge in [-0.15, -0.1) is 11.6 Å². The molecule has 1 heterocycles. The maximum Gasteiger partial charge on any atom is 0.211 e. The highest BCUT2D eigenvalue weighted by Gasteiger charge is 2.20. The topological polar surface area (TPSA) is 59.1 Å². The van der Waals surface area contributed by atoms with Crippen molar-refractivity contribution in [2.24, 2.45) is 5.41 Å². The van der Waals surface area contributed by atoms with Gasteiger partial charge in [-0.25, -0.2) is 13.1 Å². The Morgan fingerprint density at radius 2 is 2.11 bits per heavy atom. The smallest absolute Gasteiger partial charge is 0.211 e. The first-order valence-corrected chi connectivity index (χ1v) is 8.46. The summed E-state index contributed by atoms with van der Waals surface area (Å²) in [5, 5.41) is 0. The molecule has 0 bridgehead atoms. The van der Waals surface area contributed by atoms with Gasteiger partial charge < -0.3 is 0 Å². The third-order valence-corrected chi connectivity index (χ3v) is 4.41. The van der Waals surface area contributed by atoms with Crippen molar-refractivity contribution in [3.05, 3.63) is 30.1 Å². The first-order chi connectivity index (χ1) is 8.85. The molecule has 1 rings (SSSR count). The average Bonchev–Trinajstić information content (AvgIpc) is 2.36. The minimum absolute atomic E-state index is 0.0565. The van der Waals surface area contributed by atoms with E-state index in [0.29, 0.717) is 18.8 Å². The van der Waals surface area contributed by atoms with Crippen LogP contribution in [0.2, 0.25) is 0 Å². The molecule has 19 heavy (non-hydrogen) atoms. The van der Waals surface area contributed by atoms with E-state index in [1.165, 1.54) is 0 Å². The van der Waals surface area contributed by atoms with Crippen molar-refractivity contribution < 1.29 is 8.42 Å². The average molecular weight is 305 g/mol. The summed E-state index contributed by atoms with van der Waals surface area (Å²) >= 11 is 5.69. The van der Waals surface area contributed by atoms with Gasteiger partial charge in [0.2, 0.25) is 10.0 Å². The van der Waals surface area contributed by atoms with Gasteiger partial charge in [0.15, 0.2) is 0 Å². The Bertz CT molecular complexity index is 475. The van der Waals surface area contributed by atoms with Crippen LogP contribution in [0.25, 0.3) is 0 Å².